The third-order valence-electron chi connectivity index (χ3n) is 1.59. The zero-order valence-corrected chi connectivity index (χ0v) is 8.53. The van der Waals surface area contributed by atoms with E-state index < -0.39 is 11.1 Å². The summed E-state index contributed by atoms with van der Waals surface area (Å²) in [6.07, 6.45) is 0. The molecule has 1 aliphatic rings. The Morgan fingerprint density at radius 2 is 2.00 bits per heavy atom. The van der Waals surface area contributed by atoms with Gasteiger partial charge in [0.2, 0.25) is 5.12 Å². The smallest absolute Gasteiger partial charge is 0.221 e. The van der Waals surface area contributed by atoms with Gasteiger partial charge in [-0.05, 0) is 39.5 Å². The zero-order valence-electron chi connectivity index (χ0n) is 7.71. The maximum absolute atomic E-state index is 11.3. The predicted molar refractivity (Wildman–Crippen MR) is 50.4 cm³/mol. The van der Waals surface area contributed by atoms with Gasteiger partial charge in [0.1, 0.15) is 16.2 Å². The van der Waals surface area contributed by atoms with Crippen molar-refractivity contribution in [3.63, 3.8) is 0 Å². The number of thioether (sulfide) groups is 1. The molecule has 4 heteroatoms. The fourth-order valence-corrected chi connectivity index (χ4v) is 1.79. The van der Waals surface area contributed by atoms with Crippen LogP contribution in [0, 0.1) is 0 Å². The first-order valence-electron chi connectivity index (χ1n) is 3.78. The van der Waals surface area contributed by atoms with Crippen LogP contribution < -0.4 is 0 Å². The molecule has 0 aromatic carbocycles. The van der Waals surface area contributed by atoms with Crippen molar-refractivity contribution in [1.29, 1.82) is 0 Å². The van der Waals surface area contributed by atoms with Crippen molar-refractivity contribution in [2.75, 3.05) is 0 Å². The normalized spacial score (nSPS) is 22.8. The summed E-state index contributed by atoms with van der Waals surface area (Å²) in [5.41, 5.74) is -1.66. The molecule has 1 N–H and O–H groups in total. The van der Waals surface area contributed by atoms with Crippen LogP contribution in [0.3, 0.4) is 0 Å². The molecule has 0 aliphatic carbocycles. The van der Waals surface area contributed by atoms with Gasteiger partial charge in [-0.15, -0.1) is 0 Å². The van der Waals surface area contributed by atoms with E-state index in [4.69, 9.17) is 0 Å². The van der Waals surface area contributed by atoms with Crippen molar-refractivity contribution in [3.8, 4) is 0 Å². The summed E-state index contributed by atoms with van der Waals surface area (Å²) in [6, 6.07) is 0. The summed E-state index contributed by atoms with van der Waals surface area (Å²) in [5.74, 6) is 0. The Bertz CT molecular complexity index is 250. The van der Waals surface area contributed by atoms with Crippen molar-refractivity contribution in [2.45, 2.75) is 38.8 Å². The molecule has 0 bridgehead atoms. The van der Waals surface area contributed by atoms with Gasteiger partial charge in [0, 0.05) is 0 Å². The lowest BCUT2D eigenvalue weighted by atomic mass is 10.1. The quantitative estimate of drug-likeness (QED) is 0.671. The van der Waals surface area contributed by atoms with Crippen LogP contribution in [0.5, 0.6) is 0 Å². The van der Waals surface area contributed by atoms with Gasteiger partial charge in [-0.3, -0.25) is 9.79 Å². The standard InChI is InChI=1S/C8H13NO2S/c1-7(2)6(10)12-5(9-7)8(3,4)11/h11H,1-4H3. The van der Waals surface area contributed by atoms with Gasteiger partial charge in [-0.25, -0.2) is 0 Å². The average Bonchev–Trinajstić information content (AvgIpc) is 2.06. The summed E-state index contributed by atoms with van der Waals surface area (Å²) < 4.78 is 0. The van der Waals surface area contributed by atoms with Gasteiger partial charge in [0.25, 0.3) is 0 Å². The van der Waals surface area contributed by atoms with Gasteiger partial charge in [0.15, 0.2) is 0 Å². The third kappa shape index (κ3) is 1.69. The van der Waals surface area contributed by atoms with E-state index in [1.807, 2.05) is 0 Å². The Balaban J connectivity index is 2.95. The first kappa shape index (κ1) is 9.74. The number of nitrogens with zero attached hydrogens (tertiary/aromatic N) is 1. The number of carbonyl (C=O) groups is 1. The zero-order chi connectivity index (χ0) is 9.57. The van der Waals surface area contributed by atoms with Crippen LogP contribution in [0.25, 0.3) is 0 Å². The Labute approximate surface area is 76.3 Å². The second-order valence-corrected chi connectivity index (χ2v) is 4.89. The lowest BCUT2D eigenvalue weighted by Gasteiger charge is -2.15. The van der Waals surface area contributed by atoms with Crippen molar-refractivity contribution < 1.29 is 9.90 Å². The molecule has 0 radical (unpaired) electrons. The van der Waals surface area contributed by atoms with Gasteiger partial charge >= 0.3 is 0 Å². The van der Waals surface area contributed by atoms with Crippen LogP contribution in [0.4, 0.5) is 0 Å². The van der Waals surface area contributed by atoms with Gasteiger partial charge in [-0.2, -0.15) is 0 Å². The first-order chi connectivity index (χ1) is 5.23. The van der Waals surface area contributed by atoms with E-state index in [1.165, 1.54) is 0 Å². The summed E-state index contributed by atoms with van der Waals surface area (Å²) in [5, 5.41) is 10.1. The Hall–Kier alpha value is -0.350. The van der Waals surface area contributed by atoms with Gasteiger partial charge < -0.3 is 5.11 Å². The molecule has 1 rings (SSSR count). The topological polar surface area (TPSA) is 49.7 Å². The number of hydrogen-bond acceptors (Lipinski definition) is 4. The molecular weight excluding hydrogens is 174 g/mol. The molecule has 1 aliphatic heterocycles. The highest BCUT2D eigenvalue weighted by molar-refractivity contribution is 8.27. The van der Waals surface area contributed by atoms with Crippen LogP contribution >= 0.6 is 11.8 Å². The molecule has 12 heavy (non-hydrogen) atoms. The van der Waals surface area contributed by atoms with Gasteiger partial charge in [0.05, 0.1) is 0 Å². The van der Waals surface area contributed by atoms with Crippen molar-refractivity contribution in [2.24, 2.45) is 4.99 Å². The molecule has 0 saturated carbocycles. The molecule has 68 valence electrons. The van der Waals surface area contributed by atoms with Crippen LogP contribution in [0.15, 0.2) is 4.99 Å². The van der Waals surface area contributed by atoms with Crippen LogP contribution in [-0.2, 0) is 4.79 Å². The van der Waals surface area contributed by atoms with Crippen LogP contribution in [-0.4, -0.2) is 26.4 Å². The summed E-state index contributed by atoms with van der Waals surface area (Å²) in [4.78, 5) is 15.4. The molecule has 0 saturated heterocycles. The summed E-state index contributed by atoms with van der Waals surface area (Å²) >= 11 is 1.04. The summed E-state index contributed by atoms with van der Waals surface area (Å²) in [6.45, 7) is 6.77. The number of aliphatic hydroxyl groups is 1. The highest BCUT2D eigenvalue weighted by Gasteiger charge is 2.40. The maximum atomic E-state index is 11.3. The lowest BCUT2D eigenvalue weighted by molar-refractivity contribution is -0.114. The largest absolute Gasteiger partial charge is 0.384 e. The molecule has 0 atom stereocenters. The highest BCUT2D eigenvalue weighted by atomic mass is 32.2. The molecule has 3 nitrogen and oxygen atoms in total. The Morgan fingerprint density at radius 1 is 1.50 bits per heavy atom. The Morgan fingerprint density at radius 3 is 2.17 bits per heavy atom. The average molecular weight is 187 g/mol. The van der Waals surface area contributed by atoms with E-state index in [2.05, 4.69) is 4.99 Å². The number of carbonyl (C=O) groups excluding carboxylic acids is 1. The van der Waals surface area contributed by atoms with E-state index in [0.29, 0.717) is 5.04 Å². The molecule has 1 heterocycles. The second-order valence-electron chi connectivity index (χ2n) is 3.92. The second kappa shape index (κ2) is 2.57. The third-order valence-corrected chi connectivity index (χ3v) is 3.06. The number of aliphatic imine (C=N–C) groups is 1. The van der Waals surface area contributed by atoms with Gasteiger partial charge in [-0.1, -0.05) is 0 Å². The van der Waals surface area contributed by atoms with Crippen molar-refractivity contribution in [1.82, 2.24) is 0 Å². The summed E-state index contributed by atoms with van der Waals surface area (Å²) in [7, 11) is 0. The van der Waals surface area contributed by atoms with Crippen molar-refractivity contribution >= 4 is 21.9 Å². The van der Waals surface area contributed by atoms with E-state index in [1.54, 1.807) is 27.7 Å². The van der Waals surface area contributed by atoms with E-state index >= 15 is 0 Å². The SMILES string of the molecule is CC(C)(O)C1=NC(C)(C)C(=O)S1. The van der Waals surface area contributed by atoms with E-state index in [0.717, 1.165) is 11.8 Å². The molecule has 0 fully saturated rings. The molecule has 0 aromatic rings. The van der Waals surface area contributed by atoms with Crippen molar-refractivity contribution in [3.05, 3.63) is 0 Å². The van der Waals surface area contributed by atoms with E-state index in [-0.39, 0.29) is 5.12 Å². The predicted octanol–water partition coefficient (Wildman–Crippen LogP) is 1.21. The number of rotatable bonds is 1. The molecular formula is C8H13NO2S. The van der Waals surface area contributed by atoms with E-state index in [9.17, 15) is 9.90 Å². The fourth-order valence-electron chi connectivity index (χ4n) is 0.797. The van der Waals surface area contributed by atoms with Crippen LogP contribution in [0.2, 0.25) is 0 Å². The Kier molecular flexibility index (Phi) is 2.08. The molecule has 0 amide bonds. The molecule has 0 aromatic heterocycles. The lowest BCUT2D eigenvalue weighted by Crippen LogP contribution is -2.27. The number of hydrogen-bond donors (Lipinski definition) is 1. The minimum Gasteiger partial charge on any atom is -0.384 e. The fraction of sp³-hybridized carbons (Fsp3) is 0.750. The monoisotopic (exact) mass is 187 g/mol. The maximum Gasteiger partial charge on any atom is 0.221 e. The molecule has 0 unspecified atom stereocenters. The minimum absolute atomic E-state index is 0.000347. The van der Waals surface area contributed by atoms with Crippen LogP contribution in [0.1, 0.15) is 27.7 Å². The molecule has 0 spiro atoms. The minimum atomic E-state index is -0.992. The first-order valence-corrected chi connectivity index (χ1v) is 4.60. The highest BCUT2D eigenvalue weighted by Crippen LogP contribution is 2.33.